The highest BCUT2D eigenvalue weighted by atomic mass is 79.9. The van der Waals surface area contributed by atoms with Crippen molar-refractivity contribution in [1.29, 1.82) is 0 Å². The second kappa shape index (κ2) is 9.84. The molecule has 0 amide bonds. The fourth-order valence-corrected chi connectivity index (χ4v) is 5.17. The van der Waals surface area contributed by atoms with Crippen molar-refractivity contribution in [2.45, 2.75) is 19.3 Å². The predicted octanol–water partition coefficient (Wildman–Crippen LogP) is 9.29. The molecular formula is C26H17BrCl4N4O. The average Bonchev–Trinajstić information content (AvgIpc) is 3.46. The van der Waals surface area contributed by atoms with E-state index in [1.165, 1.54) is 0 Å². The Kier molecular flexibility index (Phi) is 6.92. The zero-order valence-corrected chi connectivity index (χ0v) is 23.5. The van der Waals surface area contributed by atoms with E-state index in [-0.39, 0.29) is 5.89 Å². The zero-order chi connectivity index (χ0) is 25.6. The van der Waals surface area contributed by atoms with Gasteiger partial charge < -0.3 is 4.42 Å². The minimum Gasteiger partial charge on any atom is -0.418 e. The topological polar surface area (TPSA) is 56.7 Å². The van der Waals surface area contributed by atoms with Crippen LogP contribution in [0.5, 0.6) is 0 Å². The maximum Gasteiger partial charge on any atom is 0.269 e. The van der Waals surface area contributed by atoms with Gasteiger partial charge >= 0.3 is 0 Å². The van der Waals surface area contributed by atoms with Crippen LogP contribution in [0, 0.1) is 0 Å². The Hall–Kier alpha value is -2.35. The van der Waals surface area contributed by atoms with E-state index < -0.39 is 5.41 Å². The molecule has 5 nitrogen and oxygen atoms in total. The molecule has 10 heteroatoms. The number of rotatable bonds is 5. The summed E-state index contributed by atoms with van der Waals surface area (Å²) in [4.78, 5) is 0. The largest absolute Gasteiger partial charge is 0.418 e. The lowest BCUT2D eigenvalue weighted by Gasteiger charge is -2.20. The van der Waals surface area contributed by atoms with Gasteiger partial charge in [-0.2, -0.15) is 5.10 Å². The molecule has 2 aromatic heterocycles. The fourth-order valence-electron chi connectivity index (χ4n) is 3.78. The molecule has 0 aliphatic rings. The molecule has 0 N–H and O–H groups in total. The van der Waals surface area contributed by atoms with Gasteiger partial charge in [-0.15, -0.1) is 10.2 Å². The lowest BCUT2D eigenvalue weighted by atomic mass is 9.85. The minimum atomic E-state index is -0.552. The van der Waals surface area contributed by atoms with Gasteiger partial charge in [-0.1, -0.05) is 70.7 Å². The molecule has 182 valence electrons. The van der Waals surface area contributed by atoms with Gasteiger partial charge in [0, 0.05) is 20.6 Å². The summed E-state index contributed by atoms with van der Waals surface area (Å²) in [6.45, 7) is 4.02. The third-order valence-electron chi connectivity index (χ3n) is 5.81. The van der Waals surface area contributed by atoms with E-state index in [0.717, 1.165) is 16.8 Å². The van der Waals surface area contributed by atoms with Crippen LogP contribution < -0.4 is 0 Å². The molecule has 0 aliphatic carbocycles. The van der Waals surface area contributed by atoms with Gasteiger partial charge in [-0.25, -0.2) is 4.68 Å². The van der Waals surface area contributed by atoms with Crippen molar-refractivity contribution in [3.63, 3.8) is 0 Å². The molecule has 0 bridgehead atoms. The summed E-state index contributed by atoms with van der Waals surface area (Å²) in [5.41, 5.74) is 3.14. The molecule has 0 spiro atoms. The summed E-state index contributed by atoms with van der Waals surface area (Å²) >= 11 is 28.6. The van der Waals surface area contributed by atoms with Crippen LogP contribution in [0.4, 0.5) is 0 Å². The van der Waals surface area contributed by atoms with Gasteiger partial charge in [0.05, 0.1) is 26.3 Å². The average molecular weight is 623 g/mol. The van der Waals surface area contributed by atoms with Gasteiger partial charge in [-0.3, -0.25) is 0 Å². The number of benzene rings is 3. The number of aromatic nitrogens is 4. The highest BCUT2D eigenvalue weighted by molar-refractivity contribution is 9.10. The molecule has 2 heterocycles. The Labute approximate surface area is 236 Å². The first-order chi connectivity index (χ1) is 17.1. The molecule has 0 radical (unpaired) electrons. The predicted molar refractivity (Wildman–Crippen MR) is 149 cm³/mol. The van der Waals surface area contributed by atoms with Crippen LogP contribution in [0.15, 0.2) is 75.6 Å². The maximum atomic E-state index is 6.56. The van der Waals surface area contributed by atoms with Crippen molar-refractivity contribution >= 4 is 62.3 Å². The first-order valence-corrected chi connectivity index (χ1v) is 13.1. The van der Waals surface area contributed by atoms with Crippen molar-refractivity contribution in [3.8, 4) is 28.5 Å². The summed E-state index contributed by atoms with van der Waals surface area (Å²) in [6.07, 6.45) is 0. The number of nitrogens with zero attached hydrogens (tertiary/aromatic N) is 4. The summed E-state index contributed by atoms with van der Waals surface area (Å²) in [5, 5.41) is 15.7. The molecule has 0 fully saturated rings. The smallest absolute Gasteiger partial charge is 0.269 e. The highest BCUT2D eigenvalue weighted by Crippen LogP contribution is 2.41. The van der Waals surface area contributed by atoms with Crippen LogP contribution in [0.3, 0.4) is 0 Å². The highest BCUT2D eigenvalue weighted by Gasteiger charge is 2.32. The lowest BCUT2D eigenvalue weighted by molar-refractivity contribution is 0.419. The second-order valence-corrected chi connectivity index (χ2v) is 11.1. The SMILES string of the molecule is CC(C)(c1ccc(Cl)cc1)c1nnc(-c2nn(-c3ccc(Cl)cc3Cl)c(-c3ccc(Cl)cc3)c2Br)o1. The van der Waals surface area contributed by atoms with E-state index in [1.807, 2.05) is 62.4 Å². The van der Waals surface area contributed by atoms with Crippen molar-refractivity contribution in [2.75, 3.05) is 0 Å². The van der Waals surface area contributed by atoms with Crippen molar-refractivity contribution in [1.82, 2.24) is 20.0 Å². The Balaban J connectivity index is 1.65. The molecule has 0 saturated carbocycles. The van der Waals surface area contributed by atoms with Crippen LogP contribution in [0.2, 0.25) is 20.1 Å². The quantitative estimate of drug-likeness (QED) is 0.196. The fraction of sp³-hybridized carbons (Fsp3) is 0.115. The Morgan fingerprint density at radius 3 is 2.06 bits per heavy atom. The number of halogens is 5. The first-order valence-electron chi connectivity index (χ1n) is 10.8. The third kappa shape index (κ3) is 4.69. The number of hydrogen-bond acceptors (Lipinski definition) is 4. The van der Waals surface area contributed by atoms with Crippen LogP contribution >= 0.6 is 62.3 Å². The molecule has 3 aromatic carbocycles. The minimum absolute atomic E-state index is 0.262. The molecule has 5 rings (SSSR count). The second-order valence-electron chi connectivity index (χ2n) is 8.57. The maximum absolute atomic E-state index is 6.56. The molecule has 0 unspecified atom stereocenters. The van der Waals surface area contributed by atoms with E-state index in [9.17, 15) is 0 Å². The number of hydrogen-bond donors (Lipinski definition) is 0. The van der Waals surface area contributed by atoms with Crippen molar-refractivity contribution < 1.29 is 4.42 Å². The Bertz CT molecular complexity index is 1560. The van der Waals surface area contributed by atoms with Gasteiger partial charge in [0.15, 0.2) is 5.69 Å². The van der Waals surface area contributed by atoms with Crippen LogP contribution in [-0.4, -0.2) is 20.0 Å². The zero-order valence-electron chi connectivity index (χ0n) is 18.9. The summed E-state index contributed by atoms with van der Waals surface area (Å²) < 4.78 is 8.55. The van der Waals surface area contributed by atoms with Crippen LogP contribution in [0.1, 0.15) is 25.3 Å². The van der Waals surface area contributed by atoms with E-state index >= 15 is 0 Å². The standard InChI is InChI=1S/C26H17BrCl4N4O/c1-26(2,15-5-9-17(29)10-6-15)25-33-32-24(36-25)22-21(27)23(14-3-7-16(28)8-4-14)35(34-22)20-12-11-18(30)13-19(20)31/h3-13H,1-2H3. The monoisotopic (exact) mass is 620 g/mol. The van der Waals surface area contributed by atoms with E-state index in [1.54, 1.807) is 22.9 Å². The Morgan fingerprint density at radius 2 is 1.42 bits per heavy atom. The Morgan fingerprint density at radius 1 is 0.806 bits per heavy atom. The van der Waals surface area contributed by atoms with Gasteiger partial charge in [0.2, 0.25) is 5.89 Å². The molecule has 0 aliphatic heterocycles. The normalized spacial score (nSPS) is 11.8. The van der Waals surface area contributed by atoms with E-state index in [2.05, 4.69) is 26.1 Å². The summed E-state index contributed by atoms with van der Waals surface area (Å²) in [6, 6.07) is 20.2. The molecular weight excluding hydrogens is 606 g/mol. The molecule has 0 atom stereocenters. The third-order valence-corrected chi connectivity index (χ3v) is 7.60. The molecule has 5 aromatic rings. The lowest BCUT2D eigenvalue weighted by Crippen LogP contribution is -2.19. The summed E-state index contributed by atoms with van der Waals surface area (Å²) in [7, 11) is 0. The summed E-state index contributed by atoms with van der Waals surface area (Å²) in [5.74, 6) is 0.705. The molecule has 36 heavy (non-hydrogen) atoms. The van der Waals surface area contributed by atoms with Crippen LogP contribution in [-0.2, 0) is 5.41 Å². The van der Waals surface area contributed by atoms with Crippen molar-refractivity contribution in [3.05, 3.63) is 103 Å². The first kappa shape index (κ1) is 25.3. The van der Waals surface area contributed by atoms with Crippen LogP contribution in [0.25, 0.3) is 28.5 Å². The van der Waals surface area contributed by atoms with E-state index in [4.69, 9.17) is 55.9 Å². The molecule has 0 saturated heterocycles. The van der Waals surface area contributed by atoms with Gasteiger partial charge in [0.1, 0.15) is 0 Å². The van der Waals surface area contributed by atoms with E-state index in [0.29, 0.717) is 41.8 Å². The van der Waals surface area contributed by atoms with Crippen molar-refractivity contribution in [2.24, 2.45) is 0 Å². The van der Waals surface area contributed by atoms with Gasteiger partial charge in [-0.05, 0) is 77.8 Å². The van der Waals surface area contributed by atoms with Gasteiger partial charge in [0.25, 0.3) is 5.89 Å².